The number of hydrogen-bond acceptors (Lipinski definition) is 2. The topological polar surface area (TPSA) is 32.3 Å². The molecule has 0 radical (unpaired) electrons. The average molecular weight is 222 g/mol. The maximum absolute atomic E-state index is 12.1. The molecule has 1 heterocycles. The van der Waals surface area contributed by atoms with E-state index in [4.69, 9.17) is 0 Å². The van der Waals surface area contributed by atoms with E-state index in [2.05, 4.69) is 17.5 Å². The van der Waals surface area contributed by atoms with E-state index in [0.29, 0.717) is 24.3 Å². The molecule has 0 spiro atoms. The van der Waals surface area contributed by atoms with Gasteiger partial charge in [0.25, 0.3) is 0 Å². The highest BCUT2D eigenvalue weighted by Gasteiger charge is 2.23. The van der Waals surface area contributed by atoms with Gasteiger partial charge in [0.2, 0.25) is 5.91 Å². The molecule has 1 N–H and O–H groups in total. The Morgan fingerprint density at radius 2 is 2.12 bits per heavy atom. The second-order valence-electron chi connectivity index (χ2n) is 4.96. The first-order chi connectivity index (χ1) is 7.77. The van der Waals surface area contributed by atoms with Crippen LogP contribution in [0.4, 0.5) is 0 Å². The number of hydrogen-bond donors (Lipinski definition) is 1. The minimum atomic E-state index is 0.323. The van der Waals surface area contributed by atoms with E-state index < -0.39 is 0 Å². The minimum Gasteiger partial charge on any atom is -0.343 e. The van der Waals surface area contributed by atoms with Crippen LogP contribution >= 0.6 is 0 Å². The van der Waals surface area contributed by atoms with Gasteiger partial charge in [-0.25, -0.2) is 0 Å². The van der Waals surface area contributed by atoms with Crippen molar-refractivity contribution >= 4 is 5.91 Å². The number of piperidine rings is 1. The maximum atomic E-state index is 12.1. The van der Waals surface area contributed by atoms with E-state index in [9.17, 15) is 4.79 Å². The van der Waals surface area contributed by atoms with Gasteiger partial charge >= 0.3 is 0 Å². The van der Waals surface area contributed by atoms with Crippen LogP contribution < -0.4 is 5.32 Å². The number of rotatable bonds is 3. The number of nitrogens with one attached hydrogen (secondary N) is 1. The van der Waals surface area contributed by atoms with Gasteiger partial charge in [-0.2, -0.15) is 0 Å². The van der Waals surface area contributed by atoms with Crippen molar-refractivity contribution in [1.29, 1.82) is 0 Å². The Labute approximate surface area is 97.9 Å². The number of carbonyl (C=O) groups excluding carboxylic acids is 1. The summed E-state index contributed by atoms with van der Waals surface area (Å²) in [6, 6.07) is 0.458. The van der Waals surface area contributed by atoms with Crippen molar-refractivity contribution in [2.45, 2.75) is 38.1 Å². The van der Waals surface area contributed by atoms with Crippen molar-refractivity contribution in [3.8, 4) is 0 Å². The summed E-state index contributed by atoms with van der Waals surface area (Å²) < 4.78 is 0. The van der Waals surface area contributed by atoms with Gasteiger partial charge < -0.3 is 10.2 Å². The molecule has 3 nitrogen and oxygen atoms in total. The van der Waals surface area contributed by atoms with Crippen LogP contribution in [-0.4, -0.2) is 37.0 Å². The Bertz CT molecular complexity index is 269. The molecule has 0 aromatic rings. The van der Waals surface area contributed by atoms with Crippen LogP contribution in [0, 0.1) is 5.92 Å². The van der Waals surface area contributed by atoms with Gasteiger partial charge in [-0.15, -0.1) is 0 Å². The summed E-state index contributed by atoms with van der Waals surface area (Å²) in [5.74, 6) is 0.820. The highest BCUT2D eigenvalue weighted by Crippen LogP contribution is 2.22. The smallest absolute Gasteiger partial charge is 0.223 e. The van der Waals surface area contributed by atoms with Gasteiger partial charge in [0.15, 0.2) is 0 Å². The van der Waals surface area contributed by atoms with Crippen LogP contribution in [-0.2, 0) is 4.79 Å². The van der Waals surface area contributed by atoms with E-state index in [-0.39, 0.29) is 0 Å². The van der Waals surface area contributed by atoms with Crippen molar-refractivity contribution in [3.05, 3.63) is 12.2 Å². The van der Waals surface area contributed by atoms with Crippen LogP contribution in [0.15, 0.2) is 12.2 Å². The molecule has 0 saturated carbocycles. The fourth-order valence-corrected chi connectivity index (χ4v) is 2.63. The van der Waals surface area contributed by atoms with Gasteiger partial charge in [0.1, 0.15) is 0 Å². The molecule has 1 amide bonds. The summed E-state index contributed by atoms with van der Waals surface area (Å²) in [5.41, 5.74) is 0. The molecular formula is C13H22N2O. The summed E-state index contributed by atoms with van der Waals surface area (Å²) in [7, 11) is 1.97. The lowest BCUT2D eigenvalue weighted by atomic mass is 10.0. The Morgan fingerprint density at radius 1 is 1.38 bits per heavy atom. The van der Waals surface area contributed by atoms with Crippen molar-refractivity contribution in [3.63, 3.8) is 0 Å². The lowest BCUT2D eigenvalue weighted by molar-refractivity contribution is -0.133. The Balaban J connectivity index is 1.80. The molecule has 0 aromatic heterocycles. The van der Waals surface area contributed by atoms with Gasteiger partial charge in [0.05, 0.1) is 0 Å². The first-order valence-electron chi connectivity index (χ1n) is 6.40. The van der Waals surface area contributed by atoms with E-state index in [1.165, 1.54) is 0 Å². The molecule has 90 valence electrons. The Kier molecular flexibility index (Phi) is 3.99. The predicted molar refractivity (Wildman–Crippen MR) is 65.1 cm³/mol. The molecule has 1 atom stereocenters. The number of nitrogens with zero attached hydrogens (tertiary/aromatic N) is 1. The van der Waals surface area contributed by atoms with E-state index >= 15 is 0 Å². The van der Waals surface area contributed by atoms with Crippen molar-refractivity contribution < 1.29 is 4.79 Å². The van der Waals surface area contributed by atoms with Crippen LogP contribution in [0.5, 0.6) is 0 Å². The zero-order chi connectivity index (χ0) is 11.4. The molecule has 2 aliphatic rings. The molecule has 3 heteroatoms. The molecule has 16 heavy (non-hydrogen) atoms. The minimum absolute atomic E-state index is 0.323. The third-order valence-electron chi connectivity index (χ3n) is 3.80. The van der Waals surface area contributed by atoms with Crippen LogP contribution in [0.3, 0.4) is 0 Å². The van der Waals surface area contributed by atoms with Crippen molar-refractivity contribution in [1.82, 2.24) is 10.2 Å². The van der Waals surface area contributed by atoms with Crippen molar-refractivity contribution in [2.75, 3.05) is 20.1 Å². The molecule has 2 rings (SSSR count). The maximum Gasteiger partial charge on any atom is 0.223 e. The molecular weight excluding hydrogens is 200 g/mol. The fraction of sp³-hybridized carbons (Fsp3) is 0.769. The standard InChI is InChI=1S/C13H22N2O/c1-15(12-6-8-14-9-7-12)13(16)10-11-4-2-3-5-11/h2,4,11-12,14H,3,5-10H2,1H3. The quantitative estimate of drug-likeness (QED) is 0.735. The zero-order valence-corrected chi connectivity index (χ0v) is 10.1. The van der Waals surface area contributed by atoms with Gasteiger partial charge in [-0.3, -0.25) is 4.79 Å². The number of carbonyl (C=O) groups is 1. The first-order valence-corrected chi connectivity index (χ1v) is 6.40. The van der Waals surface area contributed by atoms with Crippen LogP contribution in [0.1, 0.15) is 32.1 Å². The highest BCUT2D eigenvalue weighted by molar-refractivity contribution is 5.76. The molecule has 1 aliphatic heterocycles. The number of amides is 1. The first kappa shape index (κ1) is 11.6. The summed E-state index contributed by atoms with van der Waals surface area (Å²) in [5, 5.41) is 3.33. The molecule has 1 unspecified atom stereocenters. The SMILES string of the molecule is CN(C(=O)CC1C=CCC1)C1CCNCC1. The summed E-state index contributed by atoms with van der Waals surface area (Å²) >= 11 is 0. The summed E-state index contributed by atoms with van der Waals surface area (Å²) in [6.45, 7) is 2.09. The summed E-state index contributed by atoms with van der Waals surface area (Å²) in [6.07, 6.45) is 9.61. The van der Waals surface area contributed by atoms with Gasteiger partial charge in [-0.05, 0) is 44.7 Å². The molecule has 1 aliphatic carbocycles. The molecule has 0 aromatic carbocycles. The van der Waals surface area contributed by atoms with E-state index in [0.717, 1.165) is 38.8 Å². The lowest BCUT2D eigenvalue weighted by Crippen LogP contribution is -2.44. The monoisotopic (exact) mass is 222 g/mol. The highest BCUT2D eigenvalue weighted by atomic mass is 16.2. The Hall–Kier alpha value is -0.830. The summed E-state index contributed by atoms with van der Waals surface area (Å²) in [4.78, 5) is 14.0. The van der Waals surface area contributed by atoms with Gasteiger partial charge in [-0.1, -0.05) is 12.2 Å². The lowest BCUT2D eigenvalue weighted by Gasteiger charge is -2.32. The largest absolute Gasteiger partial charge is 0.343 e. The van der Waals surface area contributed by atoms with E-state index in [1.807, 2.05) is 11.9 Å². The Morgan fingerprint density at radius 3 is 2.75 bits per heavy atom. The number of allylic oxidation sites excluding steroid dienone is 2. The third-order valence-corrected chi connectivity index (χ3v) is 3.80. The second-order valence-corrected chi connectivity index (χ2v) is 4.96. The zero-order valence-electron chi connectivity index (χ0n) is 10.1. The van der Waals surface area contributed by atoms with Crippen molar-refractivity contribution in [2.24, 2.45) is 5.92 Å². The fourth-order valence-electron chi connectivity index (χ4n) is 2.63. The van der Waals surface area contributed by atoms with Crippen LogP contribution in [0.2, 0.25) is 0 Å². The van der Waals surface area contributed by atoms with Crippen LogP contribution in [0.25, 0.3) is 0 Å². The third kappa shape index (κ3) is 2.85. The normalized spacial score (nSPS) is 25.9. The van der Waals surface area contributed by atoms with Gasteiger partial charge in [0, 0.05) is 19.5 Å². The second kappa shape index (κ2) is 5.48. The molecule has 1 saturated heterocycles. The molecule has 1 fully saturated rings. The average Bonchev–Trinajstić information content (AvgIpc) is 2.82. The molecule has 0 bridgehead atoms. The van der Waals surface area contributed by atoms with E-state index in [1.54, 1.807) is 0 Å². The predicted octanol–water partition coefficient (Wildman–Crippen LogP) is 1.55.